The lowest BCUT2D eigenvalue weighted by atomic mass is 10.2. The molecule has 0 unspecified atom stereocenters. The average Bonchev–Trinajstić information content (AvgIpc) is 3.35. The molecule has 2 atom stereocenters. The number of carbonyl (C=O) groups is 1. The Labute approximate surface area is 210 Å². The van der Waals surface area contributed by atoms with Gasteiger partial charge in [0.25, 0.3) is 12.3 Å². The molecule has 0 aliphatic carbocycles. The Bertz CT molecular complexity index is 1220. The lowest BCUT2D eigenvalue weighted by Gasteiger charge is -2.16. The summed E-state index contributed by atoms with van der Waals surface area (Å²) in [7, 11) is 0. The zero-order valence-electron chi connectivity index (χ0n) is 19.0. The summed E-state index contributed by atoms with van der Waals surface area (Å²) in [6.45, 7) is 0.870. The van der Waals surface area contributed by atoms with Gasteiger partial charge in [0, 0.05) is 19.2 Å². The summed E-state index contributed by atoms with van der Waals surface area (Å²) < 4.78 is 86.8. The van der Waals surface area contributed by atoms with E-state index in [-0.39, 0.29) is 41.0 Å². The van der Waals surface area contributed by atoms with Gasteiger partial charge in [-0.15, -0.1) is 0 Å². The van der Waals surface area contributed by atoms with Gasteiger partial charge < -0.3 is 15.4 Å². The number of nitrogens with zero attached hydrogens (tertiary/aromatic N) is 5. The van der Waals surface area contributed by atoms with E-state index in [1.165, 1.54) is 23.2 Å². The largest absolute Gasteiger partial charge is 0.470 e. The summed E-state index contributed by atoms with van der Waals surface area (Å²) in [6, 6.07) is 2.86. The van der Waals surface area contributed by atoms with Crippen LogP contribution in [0.4, 0.5) is 42.8 Å². The van der Waals surface area contributed by atoms with Gasteiger partial charge in [0.2, 0.25) is 5.88 Å². The van der Waals surface area contributed by atoms with E-state index in [1.54, 1.807) is 6.92 Å². The molecule has 1 amide bonds. The second kappa shape index (κ2) is 10.8. The molecule has 0 bridgehead atoms. The molecular weight excluding hydrogens is 528 g/mol. The van der Waals surface area contributed by atoms with E-state index >= 15 is 0 Å². The first-order valence-electron chi connectivity index (χ1n) is 10.7. The highest BCUT2D eigenvalue weighted by atomic mass is 32.1. The SMILES string of the molecule is Cc1nsc(Nc2cnc(C(F)(F)F)cn2)c1C(=O)Nc1ccc(O[C@@H]2CN(CC(F)F)C[C@@H]2F)nc1. The van der Waals surface area contributed by atoms with E-state index in [2.05, 4.69) is 30.0 Å². The summed E-state index contributed by atoms with van der Waals surface area (Å²) in [6.07, 6.45) is -6.88. The van der Waals surface area contributed by atoms with Gasteiger partial charge in [-0.2, -0.15) is 17.5 Å². The van der Waals surface area contributed by atoms with Crippen LogP contribution < -0.4 is 15.4 Å². The van der Waals surface area contributed by atoms with Gasteiger partial charge in [0.15, 0.2) is 11.9 Å². The fraction of sp³-hybridized carbons (Fsp3) is 0.381. The Kier molecular flexibility index (Phi) is 7.77. The van der Waals surface area contributed by atoms with Crippen molar-refractivity contribution in [3.05, 3.63) is 47.7 Å². The molecule has 16 heteroatoms. The Hall–Kier alpha value is -3.53. The highest BCUT2D eigenvalue weighted by Crippen LogP contribution is 2.30. The maximum absolute atomic E-state index is 14.1. The number of ether oxygens (including phenoxy) is 1. The molecule has 0 radical (unpaired) electrons. The van der Waals surface area contributed by atoms with Crippen LogP contribution in [0.25, 0.3) is 0 Å². The molecule has 1 fully saturated rings. The number of hydrogen-bond acceptors (Lipinski definition) is 9. The van der Waals surface area contributed by atoms with Crippen LogP contribution in [0.1, 0.15) is 21.7 Å². The van der Waals surface area contributed by atoms with Crippen LogP contribution in [0, 0.1) is 6.92 Å². The fourth-order valence-electron chi connectivity index (χ4n) is 3.51. The average molecular weight is 547 g/mol. The third kappa shape index (κ3) is 6.62. The molecule has 1 aliphatic rings. The van der Waals surface area contributed by atoms with Gasteiger partial charge in [-0.1, -0.05) is 0 Å². The number of pyridine rings is 1. The van der Waals surface area contributed by atoms with Crippen molar-refractivity contribution in [1.29, 1.82) is 0 Å². The fourth-order valence-corrected chi connectivity index (χ4v) is 4.31. The van der Waals surface area contributed by atoms with Crippen LogP contribution in [0.3, 0.4) is 0 Å². The minimum atomic E-state index is -4.63. The number of nitrogens with one attached hydrogen (secondary N) is 2. The number of amides is 1. The molecule has 1 saturated heterocycles. The smallest absolute Gasteiger partial charge is 0.434 e. The van der Waals surface area contributed by atoms with Crippen LogP contribution in [0.2, 0.25) is 0 Å². The molecule has 1 aliphatic heterocycles. The van der Waals surface area contributed by atoms with Gasteiger partial charge >= 0.3 is 6.18 Å². The minimum Gasteiger partial charge on any atom is -0.470 e. The van der Waals surface area contributed by atoms with Gasteiger partial charge in [-0.25, -0.2) is 28.1 Å². The van der Waals surface area contributed by atoms with E-state index in [0.717, 1.165) is 17.7 Å². The molecule has 0 saturated carbocycles. The first-order valence-corrected chi connectivity index (χ1v) is 11.5. The molecule has 4 heterocycles. The van der Waals surface area contributed by atoms with Gasteiger partial charge in [-0.05, 0) is 24.5 Å². The summed E-state index contributed by atoms with van der Waals surface area (Å²) in [5, 5.41) is 5.59. The number of aromatic nitrogens is 4. The van der Waals surface area contributed by atoms with Crippen LogP contribution in [0.15, 0.2) is 30.7 Å². The monoisotopic (exact) mass is 547 g/mol. The van der Waals surface area contributed by atoms with Crippen LogP contribution in [-0.4, -0.2) is 68.5 Å². The van der Waals surface area contributed by atoms with Crippen molar-refractivity contribution in [2.45, 2.75) is 31.8 Å². The molecule has 198 valence electrons. The Morgan fingerprint density at radius 2 is 1.97 bits per heavy atom. The number of anilines is 3. The normalized spacial score (nSPS) is 18.3. The molecule has 3 aromatic heterocycles. The van der Waals surface area contributed by atoms with Crippen molar-refractivity contribution in [2.75, 3.05) is 30.3 Å². The summed E-state index contributed by atoms with van der Waals surface area (Å²) in [4.78, 5) is 25.2. The van der Waals surface area contributed by atoms with Crippen LogP contribution >= 0.6 is 11.5 Å². The lowest BCUT2D eigenvalue weighted by molar-refractivity contribution is -0.141. The van der Waals surface area contributed by atoms with E-state index in [0.29, 0.717) is 11.9 Å². The maximum atomic E-state index is 14.1. The van der Waals surface area contributed by atoms with Crippen molar-refractivity contribution in [3.63, 3.8) is 0 Å². The Balaban J connectivity index is 1.38. The number of likely N-dealkylation sites (tertiary alicyclic amines) is 1. The first kappa shape index (κ1) is 26.5. The number of rotatable bonds is 8. The van der Waals surface area contributed by atoms with E-state index in [4.69, 9.17) is 4.74 Å². The zero-order chi connectivity index (χ0) is 26.7. The number of halogens is 6. The second-order valence-electron chi connectivity index (χ2n) is 8.00. The van der Waals surface area contributed by atoms with Crippen LogP contribution in [-0.2, 0) is 6.18 Å². The van der Waals surface area contributed by atoms with Crippen molar-refractivity contribution in [2.24, 2.45) is 0 Å². The zero-order valence-corrected chi connectivity index (χ0v) is 19.8. The number of carbonyl (C=O) groups excluding carboxylic acids is 1. The summed E-state index contributed by atoms with van der Waals surface area (Å²) >= 11 is 0.910. The number of alkyl halides is 6. The summed E-state index contributed by atoms with van der Waals surface area (Å²) in [5.41, 5.74) is -0.388. The van der Waals surface area contributed by atoms with Crippen molar-refractivity contribution < 1.29 is 35.9 Å². The molecule has 4 rings (SSSR count). The maximum Gasteiger partial charge on any atom is 0.434 e. The Morgan fingerprint density at radius 3 is 2.59 bits per heavy atom. The third-order valence-electron chi connectivity index (χ3n) is 5.21. The predicted octanol–water partition coefficient (Wildman–Crippen LogP) is 4.32. The summed E-state index contributed by atoms with van der Waals surface area (Å²) in [5.74, 6) is -0.536. The predicted molar refractivity (Wildman–Crippen MR) is 121 cm³/mol. The molecule has 9 nitrogen and oxygen atoms in total. The standard InChI is InChI=1S/C21H19F6N7O2S/c1-10-18(20(37-33-10)32-16-6-28-14(5-29-16)21(25,26)27)19(35)31-11-2-3-17(30-4-11)36-13-8-34(7-12(13)22)9-15(23)24/h2-6,12-13,15H,7-9H2,1H3,(H,29,32)(H,31,35)/t12-,13+/m0/s1. The number of aryl methyl sites for hydroxylation is 1. The second-order valence-corrected chi connectivity index (χ2v) is 8.78. The number of hydrogen-bond donors (Lipinski definition) is 2. The molecule has 0 spiro atoms. The Morgan fingerprint density at radius 1 is 1.19 bits per heavy atom. The molecule has 37 heavy (non-hydrogen) atoms. The highest BCUT2D eigenvalue weighted by Gasteiger charge is 2.36. The molecule has 0 aromatic carbocycles. The lowest BCUT2D eigenvalue weighted by Crippen LogP contribution is -2.29. The van der Waals surface area contributed by atoms with Gasteiger partial charge in [0.1, 0.15) is 16.9 Å². The van der Waals surface area contributed by atoms with Crippen LogP contribution in [0.5, 0.6) is 5.88 Å². The molecule has 3 aromatic rings. The molecular formula is C21H19F6N7O2S. The first-order chi connectivity index (χ1) is 17.5. The van der Waals surface area contributed by atoms with Crippen molar-refractivity contribution in [1.82, 2.24) is 24.2 Å². The van der Waals surface area contributed by atoms with E-state index < -0.39 is 43.0 Å². The van der Waals surface area contributed by atoms with Gasteiger partial charge in [0.05, 0.1) is 42.1 Å². The topological polar surface area (TPSA) is 105 Å². The van der Waals surface area contributed by atoms with Crippen molar-refractivity contribution >= 4 is 33.9 Å². The van der Waals surface area contributed by atoms with E-state index in [1.807, 2.05) is 0 Å². The van der Waals surface area contributed by atoms with Gasteiger partial charge in [-0.3, -0.25) is 9.69 Å². The van der Waals surface area contributed by atoms with Crippen molar-refractivity contribution in [3.8, 4) is 5.88 Å². The minimum absolute atomic E-state index is 0.00477. The van der Waals surface area contributed by atoms with E-state index in [9.17, 15) is 31.1 Å². The molecule has 2 N–H and O–H groups in total. The highest BCUT2D eigenvalue weighted by molar-refractivity contribution is 7.10. The quantitative estimate of drug-likeness (QED) is 0.402. The third-order valence-corrected chi connectivity index (χ3v) is 6.06.